The maximum atomic E-state index is 5.91. The predicted octanol–water partition coefficient (Wildman–Crippen LogP) is 6.10. The highest BCUT2D eigenvalue weighted by Gasteiger charge is 2.00. The number of thioether (sulfide) groups is 1. The minimum atomic E-state index is 0.552. The number of hydrogen-bond acceptors (Lipinski definition) is 3. The van der Waals surface area contributed by atoms with Gasteiger partial charge in [0.05, 0.1) is 5.69 Å². The van der Waals surface area contributed by atoms with E-state index in [0.717, 1.165) is 11.4 Å². The van der Waals surface area contributed by atoms with Gasteiger partial charge in [-0.25, -0.2) is 4.99 Å². The highest BCUT2D eigenvalue weighted by atomic mass is 32.2. The summed E-state index contributed by atoms with van der Waals surface area (Å²) in [5.41, 5.74) is 0.859. The lowest BCUT2D eigenvalue weighted by atomic mass is 10.3. The van der Waals surface area contributed by atoms with E-state index in [1.807, 2.05) is 90.3 Å². The normalized spacial score (nSPS) is 11.6. The van der Waals surface area contributed by atoms with Gasteiger partial charge in [0.1, 0.15) is 5.75 Å². The van der Waals surface area contributed by atoms with E-state index in [4.69, 9.17) is 4.74 Å². The lowest BCUT2D eigenvalue weighted by Crippen LogP contribution is -2.04. The largest absolute Gasteiger partial charge is 0.439 e. The first-order chi connectivity index (χ1) is 11.9. The summed E-state index contributed by atoms with van der Waals surface area (Å²) in [7, 11) is 0. The Hall–Kier alpha value is -2.78. The van der Waals surface area contributed by atoms with Crippen molar-refractivity contribution in [1.82, 2.24) is 0 Å². The Bertz CT molecular complexity index is 799. The van der Waals surface area contributed by atoms with Gasteiger partial charge in [-0.2, -0.15) is 0 Å². The molecule has 0 aliphatic heterocycles. The zero-order chi connectivity index (χ0) is 16.5. The van der Waals surface area contributed by atoms with Crippen LogP contribution in [0.2, 0.25) is 0 Å². The Morgan fingerprint density at radius 2 is 1.33 bits per heavy atom. The van der Waals surface area contributed by atoms with Crippen LogP contribution in [0.4, 0.5) is 5.69 Å². The van der Waals surface area contributed by atoms with Gasteiger partial charge in [0.25, 0.3) is 0 Å². The van der Waals surface area contributed by atoms with Crippen LogP contribution in [0.25, 0.3) is 0 Å². The van der Waals surface area contributed by atoms with Crippen LogP contribution in [0.1, 0.15) is 0 Å². The molecule has 0 fully saturated rings. The molecule has 3 aromatic carbocycles. The van der Waals surface area contributed by atoms with Crippen LogP contribution in [0.3, 0.4) is 0 Å². The van der Waals surface area contributed by atoms with E-state index in [9.17, 15) is 0 Å². The molecule has 0 N–H and O–H groups in total. The molecule has 0 heterocycles. The summed E-state index contributed by atoms with van der Waals surface area (Å²) in [5.74, 6) is 1.32. The summed E-state index contributed by atoms with van der Waals surface area (Å²) >= 11 is 1.63. The van der Waals surface area contributed by atoms with Crippen LogP contribution in [0.15, 0.2) is 112 Å². The van der Waals surface area contributed by atoms with Gasteiger partial charge in [0.2, 0.25) is 5.90 Å². The van der Waals surface area contributed by atoms with Crippen molar-refractivity contribution in [2.24, 2.45) is 4.99 Å². The number of hydrogen-bond donors (Lipinski definition) is 0. The van der Waals surface area contributed by atoms with Crippen LogP contribution in [0.5, 0.6) is 5.75 Å². The van der Waals surface area contributed by atoms with Gasteiger partial charge in [-0.15, -0.1) is 0 Å². The average Bonchev–Trinajstić information content (AvgIpc) is 2.64. The number of benzene rings is 3. The molecular weight excluding hydrogens is 314 g/mol. The lowest BCUT2D eigenvalue weighted by molar-refractivity contribution is 0.556. The van der Waals surface area contributed by atoms with Crippen LogP contribution in [-0.4, -0.2) is 5.90 Å². The van der Waals surface area contributed by atoms with Gasteiger partial charge in [0, 0.05) is 11.0 Å². The Morgan fingerprint density at radius 1 is 0.750 bits per heavy atom. The summed E-state index contributed by atoms with van der Waals surface area (Å²) in [6.07, 6.45) is 1.89. The van der Waals surface area contributed by atoms with E-state index < -0.39 is 0 Å². The molecular formula is C21H17NOS. The number of rotatable bonds is 5. The molecule has 0 amide bonds. The first-order valence-electron chi connectivity index (χ1n) is 7.65. The van der Waals surface area contributed by atoms with Crippen molar-refractivity contribution in [1.29, 1.82) is 0 Å². The summed E-state index contributed by atoms with van der Waals surface area (Å²) in [6.45, 7) is 0. The van der Waals surface area contributed by atoms with Crippen molar-refractivity contribution in [2.45, 2.75) is 4.90 Å². The van der Waals surface area contributed by atoms with Crippen molar-refractivity contribution < 1.29 is 4.74 Å². The van der Waals surface area contributed by atoms with Crippen LogP contribution >= 0.6 is 11.8 Å². The molecule has 0 radical (unpaired) electrons. The SMILES string of the molecule is C(=C\C(=Nc1ccccc1)Oc1ccccc1)/Sc1ccccc1. The molecule has 0 atom stereocenters. The molecule has 0 aliphatic carbocycles. The molecule has 3 rings (SSSR count). The maximum Gasteiger partial charge on any atom is 0.220 e. The molecule has 0 saturated heterocycles. The zero-order valence-electron chi connectivity index (χ0n) is 13.1. The second-order valence-corrected chi connectivity index (χ2v) is 5.91. The maximum absolute atomic E-state index is 5.91. The highest BCUT2D eigenvalue weighted by Crippen LogP contribution is 2.19. The van der Waals surface area contributed by atoms with Gasteiger partial charge < -0.3 is 4.74 Å². The lowest BCUT2D eigenvalue weighted by Gasteiger charge is -2.05. The molecule has 3 heteroatoms. The Balaban J connectivity index is 1.78. The van der Waals surface area contributed by atoms with Crippen molar-refractivity contribution in [3.05, 3.63) is 102 Å². The second kappa shape index (κ2) is 8.75. The molecule has 0 saturated carbocycles. The van der Waals surface area contributed by atoms with E-state index in [-0.39, 0.29) is 0 Å². The molecule has 0 aliphatic rings. The number of nitrogens with zero attached hydrogens (tertiary/aromatic N) is 1. The number of ether oxygens (including phenoxy) is 1. The third kappa shape index (κ3) is 5.14. The van der Waals surface area contributed by atoms with Crippen LogP contribution in [0, 0.1) is 0 Å². The summed E-state index contributed by atoms with van der Waals surface area (Å²) in [5, 5.41) is 1.99. The molecule has 0 unspecified atom stereocenters. The van der Waals surface area contributed by atoms with E-state index >= 15 is 0 Å². The van der Waals surface area contributed by atoms with E-state index in [2.05, 4.69) is 17.1 Å². The zero-order valence-corrected chi connectivity index (χ0v) is 13.9. The fraction of sp³-hybridized carbons (Fsp3) is 0. The predicted molar refractivity (Wildman–Crippen MR) is 102 cm³/mol. The minimum absolute atomic E-state index is 0.552. The summed E-state index contributed by atoms with van der Waals surface area (Å²) in [4.78, 5) is 5.75. The topological polar surface area (TPSA) is 21.6 Å². The first-order valence-corrected chi connectivity index (χ1v) is 8.53. The third-order valence-corrected chi connectivity index (χ3v) is 3.94. The molecule has 118 valence electrons. The van der Waals surface area contributed by atoms with Crippen molar-refractivity contribution in [2.75, 3.05) is 0 Å². The molecule has 0 bridgehead atoms. The fourth-order valence-electron chi connectivity index (χ4n) is 2.00. The van der Waals surface area contributed by atoms with Gasteiger partial charge >= 0.3 is 0 Å². The molecule has 0 spiro atoms. The van der Waals surface area contributed by atoms with Gasteiger partial charge in [0.15, 0.2) is 0 Å². The van der Waals surface area contributed by atoms with Crippen molar-refractivity contribution >= 4 is 23.3 Å². The summed E-state index contributed by atoms with van der Waals surface area (Å²) in [6, 6.07) is 29.7. The molecule has 24 heavy (non-hydrogen) atoms. The quantitative estimate of drug-likeness (QED) is 0.320. The van der Waals surface area contributed by atoms with Crippen molar-refractivity contribution in [3.8, 4) is 5.75 Å². The monoisotopic (exact) mass is 331 g/mol. The molecule has 2 nitrogen and oxygen atoms in total. The van der Waals surface area contributed by atoms with Gasteiger partial charge in [-0.3, -0.25) is 0 Å². The third-order valence-electron chi connectivity index (χ3n) is 3.12. The smallest absolute Gasteiger partial charge is 0.220 e. The van der Waals surface area contributed by atoms with E-state index in [1.165, 1.54) is 4.90 Å². The minimum Gasteiger partial charge on any atom is -0.439 e. The van der Waals surface area contributed by atoms with Gasteiger partial charge in [-0.1, -0.05) is 66.4 Å². The average molecular weight is 331 g/mol. The van der Waals surface area contributed by atoms with Crippen molar-refractivity contribution in [3.63, 3.8) is 0 Å². The standard InChI is InChI=1S/C21H17NOS/c1-4-10-18(11-5-1)22-21(23-19-12-6-2-7-13-19)16-17-24-20-14-8-3-9-15-20/h1-17H/b17-16+,22-21?. The first kappa shape index (κ1) is 16.1. The highest BCUT2D eigenvalue weighted by molar-refractivity contribution is 8.02. The second-order valence-electron chi connectivity index (χ2n) is 4.93. The Morgan fingerprint density at radius 3 is 2.00 bits per heavy atom. The molecule has 3 aromatic rings. The van der Waals surface area contributed by atoms with E-state index in [0.29, 0.717) is 5.90 Å². The fourth-order valence-corrected chi connectivity index (χ4v) is 2.66. The van der Waals surface area contributed by atoms with Crippen LogP contribution < -0.4 is 4.74 Å². The number of para-hydroxylation sites is 2. The molecule has 0 aromatic heterocycles. The Labute approximate surface area is 146 Å². The number of aliphatic imine (C=N–C) groups is 1. The summed E-state index contributed by atoms with van der Waals surface area (Å²) < 4.78 is 5.91. The van der Waals surface area contributed by atoms with Gasteiger partial charge in [-0.05, 0) is 41.8 Å². The van der Waals surface area contributed by atoms with E-state index in [1.54, 1.807) is 11.8 Å². The Kier molecular flexibility index (Phi) is 5.87. The van der Waals surface area contributed by atoms with Crippen LogP contribution in [-0.2, 0) is 0 Å².